The molecule has 0 saturated carbocycles. The number of halogens is 1. The van der Waals surface area contributed by atoms with Crippen molar-refractivity contribution in [2.45, 2.75) is 17.7 Å². The van der Waals surface area contributed by atoms with Crippen LogP contribution < -0.4 is 5.32 Å². The van der Waals surface area contributed by atoms with Gasteiger partial charge in [0.2, 0.25) is 5.91 Å². The summed E-state index contributed by atoms with van der Waals surface area (Å²) in [4.78, 5) is 16.6. The van der Waals surface area contributed by atoms with Gasteiger partial charge in [-0.1, -0.05) is 57.5 Å². The molecule has 0 atom stereocenters. The highest BCUT2D eigenvalue weighted by atomic mass is 79.9. The van der Waals surface area contributed by atoms with E-state index in [0.717, 1.165) is 25.8 Å². The smallest absolute Gasteiger partial charge is 0.225 e. The second-order valence-electron chi connectivity index (χ2n) is 5.52. The number of thiazole rings is 1. The minimum absolute atomic E-state index is 0.0186. The van der Waals surface area contributed by atoms with Gasteiger partial charge in [0, 0.05) is 33.3 Å². The normalized spacial score (nSPS) is 10.6. The van der Waals surface area contributed by atoms with Crippen molar-refractivity contribution >= 4 is 50.6 Å². The molecule has 1 heterocycles. The molecule has 3 aromatic rings. The van der Waals surface area contributed by atoms with Crippen molar-refractivity contribution in [3.8, 4) is 11.3 Å². The van der Waals surface area contributed by atoms with E-state index in [1.807, 2.05) is 24.3 Å². The highest BCUT2D eigenvalue weighted by molar-refractivity contribution is 9.10. The van der Waals surface area contributed by atoms with Gasteiger partial charge in [0.15, 0.2) is 4.34 Å². The Bertz CT molecular complexity index is 845. The van der Waals surface area contributed by atoms with Crippen LogP contribution in [0, 0.1) is 6.92 Å². The van der Waals surface area contributed by atoms with E-state index in [4.69, 9.17) is 0 Å². The predicted octanol–water partition coefficient (Wildman–Crippen LogP) is 6.00. The highest BCUT2D eigenvalue weighted by Gasteiger charge is 2.07. The summed E-state index contributed by atoms with van der Waals surface area (Å²) < 4.78 is 1.99. The fraction of sp³-hybridized carbons (Fsp3) is 0.158. The van der Waals surface area contributed by atoms with Crippen molar-refractivity contribution in [2.75, 3.05) is 11.1 Å². The molecule has 6 heteroatoms. The number of nitrogens with zero attached hydrogens (tertiary/aromatic N) is 1. The average Bonchev–Trinajstić information content (AvgIpc) is 3.06. The zero-order valence-electron chi connectivity index (χ0n) is 13.7. The maximum absolute atomic E-state index is 12.0. The number of thioether (sulfide) groups is 1. The number of carbonyl (C=O) groups is 1. The molecule has 0 spiro atoms. The van der Waals surface area contributed by atoms with Gasteiger partial charge in [0.1, 0.15) is 0 Å². The Labute approximate surface area is 164 Å². The molecule has 0 fully saturated rings. The van der Waals surface area contributed by atoms with Crippen LogP contribution in [0.3, 0.4) is 0 Å². The molecule has 128 valence electrons. The number of carbonyl (C=O) groups excluding carboxylic acids is 1. The van der Waals surface area contributed by atoms with Gasteiger partial charge in [-0.15, -0.1) is 11.3 Å². The van der Waals surface area contributed by atoms with Crippen LogP contribution in [-0.4, -0.2) is 16.6 Å². The fourth-order valence-corrected chi connectivity index (χ4v) is 4.28. The molecule has 0 radical (unpaired) electrons. The van der Waals surface area contributed by atoms with E-state index < -0.39 is 0 Å². The van der Waals surface area contributed by atoms with E-state index in [0.29, 0.717) is 12.2 Å². The molecule has 0 bridgehead atoms. The van der Waals surface area contributed by atoms with Crippen LogP contribution in [0.2, 0.25) is 0 Å². The van der Waals surface area contributed by atoms with Gasteiger partial charge in [-0.3, -0.25) is 4.79 Å². The lowest BCUT2D eigenvalue weighted by molar-refractivity contribution is -0.115. The molecule has 3 rings (SSSR count). The van der Waals surface area contributed by atoms with Crippen molar-refractivity contribution in [3.63, 3.8) is 0 Å². The number of hydrogen-bond acceptors (Lipinski definition) is 4. The average molecular weight is 433 g/mol. The van der Waals surface area contributed by atoms with Gasteiger partial charge in [-0.2, -0.15) is 0 Å². The Morgan fingerprint density at radius 3 is 2.60 bits per heavy atom. The monoisotopic (exact) mass is 432 g/mol. The molecule has 2 aromatic carbocycles. The number of amides is 1. The minimum atomic E-state index is 0.0186. The first-order valence-corrected chi connectivity index (χ1v) is 10.5. The van der Waals surface area contributed by atoms with Crippen LogP contribution in [0.5, 0.6) is 0 Å². The summed E-state index contributed by atoms with van der Waals surface area (Å²) in [5.41, 5.74) is 4.17. The number of rotatable bonds is 6. The summed E-state index contributed by atoms with van der Waals surface area (Å²) in [6.45, 7) is 2.07. The lowest BCUT2D eigenvalue weighted by Crippen LogP contribution is -2.11. The molecule has 0 saturated heterocycles. The molecule has 1 aromatic heterocycles. The third-order valence-electron chi connectivity index (χ3n) is 3.51. The largest absolute Gasteiger partial charge is 0.326 e. The number of benzene rings is 2. The first kappa shape index (κ1) is 18.2. The molecule has 0 aliphatic rings. The van der Waals surface area contributed by atoms with Gasteiger partial charge in [-0.05, 0) is 31.2 Å². The Balaban J connectivity index is 1.48. The predicted molar refractivity (Wildman–Crippen MR) is 110 cm³/mol. The molecular formula is C19H17BrN2OS2. The third kappa shape index (κ3) is 5.42. The van der Waals surface area contributed by atoms with Gasteiger partial charge < -0.3 is 5.32 Å². The van der Waals surface area contributed by atoms with Crippen LogP contribution in [-0.2, 0) is 4.79 Å². The molecule has 1 N–H and O–H groups in total. The van der Waals surface area contributed by atoms with Crippen LogP contribution >= 0.6 is 39.0 Å². The number of anilines is 1. The van der Waals surface area contributed by atoms with E-state index >= 15 is 0 Å². The SMILES string of the molecule is Cc1ccc(-c2csc(SCCC(=O)Nc3ccc(Br)cc3)n2)cc1. The Morgan fingerprint density at radius 2 is 1.88 bits per heavy atom. The molecule has 1 amide bonds. The van der Waals surface area contributed by atoms with Gasteiger partial charge in [0.05, 0.1) is 5.69 Å². The summed E-state index contributed by atoms with van der Waals surface area (Å²) in [6, 6.07) is 15.9. The van der Waals surface area contributed by atoms with Crippen molar-refractivity contribution in [1.82, 2.24) is 4.98 Å². The van der Waals surface area contributed by atoms with Crippen LogP contribution in [0.1, 0.15) is 12.0 Å². The molecule has 25 heavy (non-hydrogen) atoms. The van der Waals surface area contributed by atoms with E-state index in [-0.39, 0.29) is 5.91 Å². The molecular weight excluding hydrogens is 416 g/mol. The van der Waals surface area contributed by atoms with Crippen LogP contribution in [0.4, 0.5) is 5.69 Å². The number of aromatic nitrogens is 1. The van der Waals surface area contributed by atoms with Gasteiger partial charge >= 0.3 is 0 Å². The molecule has 0 aliphatic heterocycles. The molecule has 0 aliphatic carbocycles. The zero-order chi connectivity index (χ0) is 17.6. The molecule has 3 nitrogen and oxygen atoms in total. The minimum Gasteiger partial charge on any atom is -0.326 e. The van der Waals surface area contributed by atoms with E-state index in [1.165, 1.54) is 5.56 Å². The van der Waals surface area contributed by atoms with E-state index in [9.17, 15) is 4.79 Å². The summed E-state index contributed by atoms with van der Waals surface area (Å²) in [5.74, 6) is 0.730. The summed E-state index contributed by atoms with van der Waals surface area (Å²) in [5, 5.41) is 4.97. The Morgan fingerprint density at radius 1 is 1.16 bits per heavy atom. The second kappa shape index (κ2) is 8.65. The standard InChI is InChI=1S/C19H17BrN2OS2/c1-13-2-4-14(5-3-13)17-12-25-19(22-17)24-11-10-18(23)21-16-8-6-15(20)7-9-16/h2-9,12H,10-11H2,1H3,(H,21,23). The quantitative estimate of drug-likeness (QED) is 0.485. The fourth-order valence-electron chi connectivity index (χ4n) is 2.17. The third-order valence-corrected chi connectivity index (χ3v) is 6.06. The lowest BCUT2D eigenvalue weighted by atomic mass is 10.1. The maximum atomic E-state index is 12.0. The summed E-state index contributed by atoms with van der Waals surface area (Å²) >= 11 is 6.62. The number of nitrogens with one attached hydrogen (secondary N) is 1. The maximum Gasteiger partial charge on any atom is 0.225 e. The van der Waals surface area contributed by atoms with E-state index in [2.05, 4.69) is 62.8 Å². The molecule has 0 unspecified atom stereocenters. The Hall–Kier alpha value is -1.63. The number of hydrogen-bond donors (Lipinski definition) is 1. The zero-order valence-corrected chi connectivity index (χ0v) is 16.9. The van der Waals surface area contributed by atoms with Gasteiger partial charge in [0.25, 0.3) is 0 Å². The van der Waals surface area contributed by atoms with Crippen LogP contribution in [0.15, 0.2) is 62.7 Å². The number of aryl methyl sites for hydroxylation is 1. The topological polar surface area (TPSA) is 42.0 Å². The van der Waals surface area contributed by atoms with E-state index in [1.54, 1.807) is 23.1 Å². The summed E-state index contributed by atoms with van der Waals surface area (Å²) in [6.07, 6.45) is 0.459. The van der Waals surface area contributed by atoms with Crippen molar-refractivity contribution in [3.05, 3.63) is 63.9 Å². The first-order valence-electron chi connectivity index (χ1n) is 7.81. The second-order valence-corrected chi connectivity index (χ2v) is 8.63. The highest BCUT2D eigenvalue weighted by Crippen LogP contribution is 2.28. The first-order chi connectivity index (χ1) is 12.1. The summed E-state index contributed by atoms with van der Waals surface area (Å²) in [7, 11) is 0. The lowest BCUT2D eigenvalue weighted by Gasteiger charge is -2.04. The van der Waals surface area contributed by atoms with Crippen molar-refractivity contribution in [2.24, 2.45) is 0 Å². The Kier molecular flexibility index (Phi) is 6.29. The van der Waals surface area contributed by atoms with Gasteiger partial charge in [-0.25, -0.2) is 4.98 Å². The van der Waals surface area contributed by atoms with Crippen molar-refractivity contribution in [1.29, 1.82) is 0 Å². The van der Waals surface area contributed by atoms with Crippen LogP contribution in [0.25, 0.3) is 11.3 Å². The van der Waals surface area contributed by atoms with Crippen molar-refractivity contribution < 1.29 is 4.79 Å².